The number of halogens is 1. The predicted molar refractivity (Wildman–Crippen MR) is 73.2 cm³/mol. The first-order chi connectivity index (χ1) is 8.70. The normalized spacial score (nSPS) is 23.9. The monoisotopic (exact) mass is 287 g/mol. The Labute approximate surface area is 116 Å². The van der Waals surface area contributed by atoms with E-state index < -0.39 is 0 Å². The highest BCUT2D eigenvalue weighted by atomic mass is 35.5. The molecule has 0 radical (unpaired) electrons. The van der Waals surface area contributed by atoms with E-state index in [0.717, 1.165) is 37.8 Å². The zero-order valence-corrected chi connectivity index (χ0v) is 12.1. The van der Waals surface area contributed by atoms with Crippen LogP contribution in [0.1, 0.15) is 48.0 Å². The highest BCUT2D eigenvalue weighted by Gasteiger charge is 2.22. The molecule has 18 heavy (non-hydrogen) atoms. The van der Waals surface area contributed by atoms with Crippen LogP contribution >= 0.6 is 23.1 Å². The second-order valence-corrected chi connectivity index (χ2v) is 6.11. The quantitative estimate of drug-likeness (QED) is 0.866. The summed E-state index contributed by atoms with van der Waals surface area (Å²) in [5.74, 6) is 0.467. The SMILES string of the molecule is CCc1nnsc1C(=O)NCC1CCCC(Cl)C1. The number of carbonyl (C=O) groups excluding carboxylic acids is 1. The fourth-order valence-electron chi connectivity index (χ4n) is 2.34. The second-order valence-electron chi connectivity index (χ2n) is 4.74. The molecular weight excluding hydrogens is 270 g/mol. The van der Waals surface area contributed by atoms with Crippen LogP contribution in [0, 0.1) is 5.92 Å². The molecule has 2 rings (SSSR count). The molecule has 0 saturated heterocycles. The molecule has 1 heterocycles. The van der Waals surface area contributed by atoms with Crippen LogP contribution in [0.25, 0.3) is 0 Å². The number of amides is 1. The molecule has 0 bridgehead atoms. The van der Waals surface area contributed by atoms with Gasteiger partial charge in [-0.05, 0) is 43.1 Å². The summed E-state index contributed by atoms with van der Waals surface area (Å²) in [6.45, 7) is 2.69. The summed E-state index contributed by atoms with van der Waals surface area (Å²) in [5, 5.41) is 7.21. The van der Waals surface area contributed by atoms with Gasteiger partial charge in [0.25, 0.3) is 5.91 Å². The van der Waals surface area contributed by atoms with Gasteiger partial charge in [-0.2, -0.15) is 0 Å². The van der Waals surface area contributed by atoms with Crippen LogP contribution in [0.5, 0.6) is 0 Å². The smallest absolute Gasteiger partial charge is 0.264 e. The molecule has 0 aromatic carbocycles. The molecule has 1 aromatic heterocycles. The van der Waals surface area contributed by atoms with Gasteiger partial charge >= 0.3 is 0 Å². The van der Waals surface area contributed by atoms with Gasteiger partial charge in [-0.1, -0.05) is 17.8 Å². The van der Waals surface area contributed by atoms with Gasteiger partial charge in [0.1, 0.15) is 4.88 Å². The van der Waals surface area contributed by atoms with E-state index in [0.29, 0.717) is 17.3 Å². The topological polar surface area (TPSA) is 54.9 Å². The van der Waals surface area contributed by atoms with E-state index in [9.17, 15) is 4.79 Å². The number of aromatic nitrogens is 2. The molecule has 2 atom stereocenters. The largest absolute Gasteiger partial charge is 0.351 e. The van der Waals surface area contributed by atoms with Crippen molar-refractivity contribution in [2.45, 2.75) is 44.4 Å². The molecule has 1 saturated carbocycles. The Morgan fingerprint density at radius 3 is 3.11 bits per heavy atom. The van der Waals surface area contributed by atoms with Gasteiger partial charge in [0, 0.05) is 11.9 Å². The van der Waals surface area contributed by atoms with Crippen molar-refractivity contribution in [1.29, 1.82) is 0 Å². The Hall–Kier alpha value is -0.680. The predicted octanol–water partition coefficient (Wildman–Crippen LogP) is 2.63. The van der Waals surface area contributed by atoms with Crippen molar-refractivity contribution in [2.24, 2.45) is 5.92 Å². The summed E-state index contributed by atoms with van der Waals surface area (Å²) in [6, 6.07) is 0. The summed E-state index contributed by atoms with van der Waals surface area (Å²) in [6.07, 6.45) is 5.17. The van der Waals surface area contributed by atoms with E-state index in [1.165, 1.54) is 11.5 Å². The Balaban J connectivity index is 1.84. The van der Waals surface area contributed by atoms with E-state index in [1.807, 2.05) is 6.92 Å². The van der Waals surface area contributed by atoms with Crippen LogP contribution in [-0.4, -0.2) is 27.4 Å². The van der Waals surface area contributed by atoms with E-state index in [1.54, 1.807) is 0 Å². The van der Waals surface area contributed by atoms with E-state index >= 15 is 0 Å². The van der Waals surface area contributed by atoms with Gasteiger partial charge < -0.3 is 5.32 Å². The molecular formula is C12H18ClN3OS. The van der Waals surface area contributed by atoms with Crippen LogP contribution < -0.4 is 5.32 Å². The average Bonchev–Trinajstić information content (AvgIpc) is 2.84. The Morgan fingerprint density at radius 1 is 1.56 bits per heavy atom. The van der Waals surface area contributed by atoms with Crippen molar-refractivity contribution >= 4 is 29.0 Å². The zero-order valence-electron chi connectivity index (χ0n) is 10.5. The number of rotatable bonds is 4. The van der Waals surface area contributed by atoms with E-state index in [4.69, 9.17) is 11.6 Å². The number of aryl methyl sites for hydroxylation is 1. The maximum Gasteiger partial charge on any atom is 0.264 e. The van der Waals surface area contributed by atoms with Gasteiger partial charge in [0.15, 0.2) is 0 Å². The molecule has 6 heteroatoms. The lowest BCUT2D eigenvalue weighted by molar-refractivity contribution is 0.0946. The van der Waals surface area contributed by atoms with Crippen molar-refractivity contribution in [3.63, 3.8) is 0 Å². The van der Waals surface area contributed by atoms with Crippen LogP contribution in [-0.2, 0) is 6.42 Å². The minimum absolute atomic E-state index is 0.0430. The third-order valence-corrected chi connectivity index (χ3v) is 4.53. The van der Waals surface area contributed by atoms with Crippen LogP contribution in [0.3, 0.4) is 0 Å². The molecule has 100 valence electrons. The van der Waals surface area contributed by atoms with Crippen LogP contribution in [0.15, 0.2) is 0 Å². The Bertz CT molecular complexity index is 410. The first-order valence-corrected chi connectivity index (χ1v) is 7.65. The average molecular weight is 288 g/mol. The Morgan fingerprint density at radius 2 is 2.39 bits per heavy atom. The minimum atomic E-state index is -0.0430. The maximum atomic E-state index is 12.0. The van der Waals surface area contributed by atoms with Gasteiger partial charge in [-0.15, -0.1) is 16.7 Å². The van der Waals surface area contributed by atoms with Crippen molar-refractivity contribution < 1.29 is 4.79 Å². The molecule has 1 aliphatic rings. The third-order valence-electron chi connectivity index (χ3n) is 3.37. The summed E-state index contributed by atoms with van der Waals surface area (Å²) < 4.78 is 3.83. The van der Waals surface area contributed by atoms with E-state index in [2.05, 4.69) is 14.9 Å². The highest BCUT2D eigenvalue weighted by molar-refractivity contribution is 7.08. The van der Waals surface area contributed by atoms with E-state index in [-0.39, 0.29) is 11.3 Å². The standard InChI is InChI=1S/C12H18ClN3OS/c1-2-10-11(18-16-15-10)12(17)14-7-8-4-3-5-9(13)6-8/h8-9H,2-7H2,1H3,(H,14,17). The van der Waals surface area contributed by atoms with Crippen molar-refractivity contribution in [1.82, 2.24) is 14.9 Å². The summed E-state index contributed by atoms with van der Waals surface area (Å²) >= 11 is 7.31. The third kappa shape index (κ3) is 3.42. The van der Waals surface area contributed by atoms with Crippen molar-refractivity contribution in [2.75, 3.05) is 6.54 Å². The van der Waals surface area contributed by atoms with Gasteiger partial charge in [-0.25, -0.2) is 0 Å². The highest BCUT2D eigenvalue weighted by Crippen LogP contribution is 2.27. The molecule has 1 aromatic rings. The first kappa shape index (κ1) is 13.7. The van der Waals surface area contributed by atoms with Crippen LogP contribution in [0.2, 0.25) is 0 Å². The van der Waals surface area contributed by atoms with Crippen LogP contribution in [0.4, 0.5) is 0 Å². The zero-order chi connectivity index (χ0) is 13.0. The fourth-order valence-corrected chi connectivity index (χ4v) is 3.41. The number of nitrogens with zero attached hydrogens (tertiary/aromatic N) is 2. The van der Waals surface area contributed by atoms with Crippen molar-refractivity contribution in [3.05, 3.63) is 10.6 Å². The van der Waals surface area contributed by atoms with Gasteiger partial charge in [-0.3, -0.25) is 4.79 Å². The first-order valence-electron chi connectivity index (χ1n) is 6.44. The lowest BCUT2D eigenvalue weighted by Crippen LogP contribution is -2.32. The fraction of sp³-hybridized carbons (Fsp3) is 0.750. The summed E-state index contributed by atoms with van der Waals surface area (Å²) in [7, 11) is 0. The maximum absolute atomic E-state index is 12.0. The molecule has 1 fully saturated rings. The number of hydrogen-bond acceptors (Lipinski definition) is 4. The lowest BCUT2D eigenvalue weighted by atomic mass is 9.89. The number of carbonyl (C=O) groups is 1. The summed E-state index contributed by atoms with van der Waals surface area (Å²) in [5.41, 5.74) is 0.788. The Kier molecular flexibility index (Phi) is 4.95. The second kappa shape index (κ2) is 6.48. The molecule has 4 nitrogen and oxygen atoms in total. The number of nitrogens with one attached hydrogen (secondary N) is 1. The lowest BCUT2D eigenvalue weighted by Gasteiger charge is -2.25. The van der Waals surface area contributed by atoms with Gasteiger partial charge in [0.2, 0.25) is 0 Å². The summed E-state index contributed by atoms with van der Waals surface area (Å²) in [4.78, 5) is 12.6. The van der Waals surface area contributed by atoms with Gasteiger partial charge in [0.05, 0.1) is 5.69 Å². The molecule has 0 spiro atoms. The van der Waals surface area contributed by atoms with Crippen molar-refractivity contribution in [3.8, 4) is 0 Å². The molecule has 2 unspecified atom stereocenters. The number of hydrogen-bond donors (Lipinski definition) is 1. The number of alkyl halides is 1. The molecule has 0 aliphatic heterocycles. The molecule has 1 N–H and O–H groups in total. The molecule has 1 aliphatic carbocycles. The molecule has 1 amide bonds. The minimum Gasteiger partial charge on any atom is -0.351 e.